The number of ether oxygens (including phenoxy) is 3. The Hall–Kier alpha value is -3.53. The molecule has 0 bridgehead atoms. The average Bonchev–Trinajstić information content (AvgIpc) is 2.98. The summed E-state index contributed by atoms with van der Waals surface area (Å²) in [6.07, 6.45) is 5.48. The fourth-order valence-electron chi connectivity index (χ4n) is 4.40. The molecule has 0 aliphatic carbocycles. The lowest BCUT2D eigenvalue weighted by Crippen LogP contribution is -2.33. The number of nitrogens with one attached hydrogen (secondary N) is 1. The molecule has 1 aliphatic rings. The lowest BCUT2D eigenvalue weighted by molar-refractivity contribution is -0.186. The van der Waals surface area contributed by atoms with Crippen LogP contribution in [-0.4, -0.2) is 47.8 Å². The third-order valence-electron chi connectivity index (χ3n) is 6.29. The first-order valence-corrected chi connectivity index (χ1v) is 13.6. The number of benzene rings is 2. The molecule has 4 aromatic rings. The second-order valence-corrected chi connectivity index (χ2v) is 9.54. The van der Waals surface area contributed by atoms with E-state index in [9.17, 15) is 4.79 Å². The van der Waals surface area contributed by atoms with Gasteiger partial charge in [-0.15, -0.1) is 0 Å². The minimum absolute atomic E-state index is 0.305. The smallest absolute Gasteiger partial charge is 0.279 e. The second kappa shape index (κ2) is 12.3. The van der Waals surface area contributed by atoms with Gasteiger partial charge >= 0.3 is 0 Å². The van der Waals surface area contributed by atoms with Crippen molar-refractivity contribution in [3.8, 4) is 33.9 Å². The molecule has 0 radical (unpaired) electrons. The van der Waals surface area contributed by atoms with Crippen molar-refractivity contribution in [2.24, 2.45) is 0 Å². The minimum Gasteiger partial charge on any atom is -0.494 e. The van der Waals surface area contributed by atoms with Gasteiger partial charge in [-0.3, -0.25) is 9.78 Å². The van der Waals surface area contributed by atoms with Crippen molar-refractivity contribution in [3.63, 3.8) is 0 Å². The molecule has 8 nitrogen and oxygen atoms in total. The quantitative estimate of drug-likeness (QED) is 0.194. The minimum atomic E-state index is -0.470. The number of carbonyl (C=O) groups excluding carboxylic acids is 1. The molecule has 2 aromatic heterocycles. The Morgan fingerprint density at radius 3 is 2.47 bits per heavy atom. The number of hydrogen-bond donors (Lipinski definition) is 1. The normalized spacial score (nSPS) is 15.3. The van der Waals surface area contributed by atoms with Gasteiger partial charge in [-0.2, -0.15) is 0 Å². The van der Waals surface area contributed by atoms with Crippen molar-refractivity contribution in [2.45, 2.75) is 25.6 Å². The number of amides is 1. The van der Waals surface area contributed by atoms with Gasteiger partial charge in [0.15, 0.2) is 12.0 Å². The zero-order valence-electron chi connectivity index (χ0n) is 21.0. The van der Waals surface area contributed by atoms with Crippen LogP contribution >= 0.6 is 15.9 Å². The van der Waals surface area contributed by atoms with Crippen molar-refractivity contribution < 1.29 is 23.8 Å². The van der Waals surface area contributed by atoms with Crippen LogP contribution in [0.5, 0.6) is 11.5 Å². The molecule has 1 aliphatic heterocycles. The summed E-state index contributed by atoms with van der Waals surface area (Å²) < 4.78 is 17.0. The first kappa shape index (κ1) is 26.1. The molecule has 0 spiro atoms. The molecule has 9 heteroatoms. The number of hydroxylamine groups is 1. The summed E-state index contributed by atoms with van der Waals surface area (Å²) in [5, 5.41) is 1.35. The van der Waals surface area contributed by atoms with Gasteiger partial charge in [0.2, 0.25) is 0 Å². The predicted molar refractivity (Wildman–Crippen MR) is 148 cm³/mol. The number of pyridine rings is 2. The van der Waals surface area contributed by atoms with Crippen LogP contribution in [0.25, 0.3) is 33.3 Å². The van der Waals surface area contributed by atoms with Gasteiger partial charge in [0.1, 0.15) is 11.4 Å². The first-order valence-electron chi connectivity index (χ1n) is 12.5. The van der Waals surface area contributed by atoms with Crippen LogP contribution in [0.1, 0.15) is 29.6 Å². The Morgan fingerprint density at radius 2 is 1.79 bits per heavy atom. The Kier molecular flexibility index (Phi) is 8.47. The lowest BCUT2D eigenvalue weighted by Gasteiger charge is -2.22. The Bertz CT molecular complexity index is 1390. The van der Waals surface area contributed by atoms with E-state index in [0.717, 1.165) is 47.0 Å². The van der Waals surface area contributed by atoms with E-state index in [2.05, 4.69) is 26.4 Å². The summed E-state index contributed by atoms with van der Waals surface area (Å²) in [6.45, 7) is 1.23. The molecule has 1 atom stereocenters. The number of fused-ring (bicyclic) bond motifs is 1. The number of rotatable bonds is 9. The molecule has 3 heterocycles. The van der Waals surface area contributed by atoms with Crippen molar-refractivity contribution in [2.75, 3.05) is 25.7 Å². The van der Waals surface area contributed by atoms with Crippen LogP contribution in [-0.2, 0) is 9.57 Å². The summed E-state index contributed by atoms with van der Waals surface area (Å²) >= 11 is 3.37. The van der Waals surface area contributed by atoms with Crippen LogP contribution in [0.15, 0.2) is 67.0 Å². The predicted octanol–water partition coefficient (Wildman–Crippen LogP) is 5.93. The second-order valence-electron chi connectivity index (χ2n) is 8.75. The maximum Gasteiger partial charge on any atom is 0.279 e. The van der Waals surface area contributed by atoms with Crippen molar-refractivity contribution in [3.05, 3.63) is 72.6 Å². The van der Waals surface area contributed by atoms with Crippen LogP contribution in [0, 0.1) is 0 Å². The summed E-state index contributed by atoms with van der Waals surface area (Å²) in [4.78, 5) is 27.9. The highest BCUT2D eigenvalue weighted by atomic mass is 79.9. The fourth-order valence-corrected chi connectivity index (χ4v) is 4.57. The zero-order valence-corrected chi connectivity index (χ0v) is 22.6. The number of hydrogen-bond acceptors (Lipinski definition) is 7. The van der Waals surface area contributed by atoms with Crippen LogP contribution < -0.4 is 15.0 Å². The highest BCUT2D eigenvalue weighted by molar-refractivity contribution is 9.09. The van der Waals surface area contributed by atoms with Gasteiger partial charge in [0, 0.05) is 41.7 Å². The van der Waals surface area contributed by atoms with E-state index in [1.54, 1.807) is 18.5 Å². The largest absolute Gasteiger partial charge is 0.494 e. The van der Waals surface area contributed by atoms with Crippen LogP contribution in [0.2, 0.25) is 0 Å². The monoisotopic (exact) mass is 577 g/mol. The molecule has 1 N–H and O–H groups in total. The van der Waals surface area contributed by atoms with Gasteiger partial charge in [-0.25, -0.2) is 15.3 Å². The van der Waals surface area contributed by atoms with Gasteiger partial charge in [-0.1, -0.05) is 52.3 Å². The standard InChI is InChI=1S/C29H28BrN3O5/c1-35-28-26(29(34)33-38-25-4-2-3-16-37-25)23-18-31-15-13-24(23)32-27(28)21-7-5-19(6-8-21)20-9-11-22(12-10-20)36-17-14-30/h5-13,15,18,25H,2-4,14,16-17H2,1H3,(H,33,34). The maximum absolute atomic E-state index is 13.4. The van der Waals surface area contributed by atoms with Gasteiger partial charge in [-0.05, 0) is 42.2 Å². The van der Waals surface area contributed by atoms with Crippen molar-refractivity contribution >= 4 is 32.7 Å². The number of carbonyl (C=O) groups is 1. The molecular formula is C29H28BrN3O5. The molecule has 1 unspecified atom stereocenters. The third-order valence-corrected chi connectivity index (χ3v) is 6.61. The fraction of sp³-hybridized carbons (Fsp3) is 0.276. The Balaban J connectivity index is 1.45. The third kappa shape index (κ3) is 5.80. The molecular weight excluding hydrogens is 550 g/mol. The number of halogens is 1. The van der Waals surface area contributed by atoms with Crippen molar-refractivity contribution in [1.29, 1.82) is 0 Å². The molecule has 1 amide bonds. The van der Waals surface area contributed by atoms with Gasteiger partial charge in [0.05, 0.1) is 24.8 Å². The number of alkyl halides is 1. The average molecular weight is 578 g/mol. The Morgan fingerprint density at radius 1 is 1.05 bits per heavy atom. The van der Waals surface area contributed by atoms with E-state index in [4.69, 9.17) is 24.0 Å². The number of methoxy groups -OCH3 is 1. The van der Waals surface area contributed by atoms with Crippen LogP contribution in [0.4, 0.5) is 0 Å². The van der Waals surface area contributed by atoms with Gasteiger partial charge in [0.25, 0.3) is 5.91 Å². The van der Waals surface area contributed by atoms with E-state index < -0.39 is 12.2 Å². The highest BCUT2D eigenvalue weighted by Gasteiger charge is 2.24. The first-order chi connectivity index (χ1) is 18.7. The summed E-state index contributed by atoms with van der Waals surface area (Å²) in [7, 11) is 1.53. The number of aromatic nitrogens is 2. The summed E-state index contributed by atoms with van der Waals surface area (Å²) in [6, 6.07) is 17.7. The Labute approximate surface area is 229 Å². The van der Waals surface area contributed by atoms with E-state index in [1.165, 1.54) is 7.11 Å². The van der Waals surface area contributed by atoms with E-state index in [0.29, 0.717) is 41.1 Å². The maximum atomic E-state index is 13.4. The molecule has 196 valence electrons. The highest BCUT2D eigenvalue weighted by Crippen LogP contribution is 2.37. The molecule has 2 aromatic carbocycles. The number of nitrogens with zero attached hydrogens (tertiary/aromatic N) is 2. The van der Waals surface area contributed by atoms with Gasteiger partial charge < -0.3 is 14.2 Å². The topological polar surface area (TPSA) is 91.8 Å². The molecule has 1 fully saturated rings. The molecule has 0 saturated carbocycles. The van der Waals surface area contributed by atoms with E-state index >= 15 is 0 Å². The lowest BCUT2D eigenvalue weighted by atomic mass is 10.00. The van der Waals surface area contributed by atoms with E-state index in [1.807, 2.05) is 48.5 Å². The molecule has 38 heavy (non-hydrogen) atoms. The molecule has 5 rings (SSSR count). The summed E-state index contributed by atoms with van der Waals surface area (Å²) in [5.74, 6) is 0.725. The van der Waals surface area contributed by atoms with Crippen LogP contribution in [0.3, 0.4) is 0 Å². The molecule has 1 saturated heterocycles. The van der Waals surface area contributed by atoms with Crippen molar-refractivity contribution in [1.82, 2.24) is 15.4 Å². The summed E-state index contributed by atoms with van der Waals surface area (Å²) in [5.41, 5.74) is 6.95. The zero-order chi connectivity index (χ0) is 26.3. The van der Waals surface area contributed by atoms with E-state index in [-0.39, 0.29) is 0 Å². The SMILES string of the molecule is COc1c(-c2ccc(-c3ccc(OCCBr)cc3)cc2)nc2ccncc2c1C(=O)NOC1CCCCO1.